The maximum atomic E-state index is 5.91. The Morgan fingerprint density at radius 1 is 1.24 bits per heavy atom. The number of aromatic amines is 1. The molecule has 0 saturated heterocycles. The molecule has 2 N–H and O–H groups in total. The molecule has 4 rings (SSSR count). The molecule has 0 saturated carbocycles. The van der Waals surface area contributed by atoms with Gasteiger partial charge in [-0.05, 0) is 17.7 Å². The van der Waals surface area contributed by atoms with Crippen LogP contribution in [0.4, 0.5) is 5.82 Å². The van der Waals surface area contributed by atoms with E-state index in [-0.39, 0.29) is 5.28 Å². The highest BCUT2D eigenvalue weighted by atomic mass is 35.5. The van der Waals surface area contributed by atoms with Crippen molar-refractivity contribution in [1.82, 2.24) is 29.5 Å². The molecule has 0 fully saturated rings. The fourth-order valence-electron chi connectivity index (χ4n) is 2.35. The standard InChI is InChI=1S/C13H10ClN7/c1-15-11-10-7(6-16-12(10)20-13(14)19-11)8-3-5-21-9(18-8)2-4-17-21/h2-6H,1H3,(H2,15,16,19,20). The van der Waals surface area contributed by atoms with Crippen molar-refractivity contribution in [2.75, 3.05) is 12.4 Å². The van der Waals surface area contributed by atoms with E-state index in [1.165, 1.54) is 0 Å². The van der Waals surface area contributed by atoms with E-state index in [1.807, 2.05) is 24.5 Å². The Labute approximate surface area is 124 Å². The molecule has 4 aromatic rings. The first kappa shape index (κ1) is 12.1. The van der Waals surface area contributed by atoms with Crippen LogP contribution < -0.4 is 5.32 Å². The number of hydrogen-bond acceptors (Lipinski definition) is 5. The molecule has 0 aliphatic rings. The Kier molecular flexibility index (Phi) is 2.55. The Hall–Kier alpha value is -2.67. The molecular weight excluding hydrogens is 290 g/mol. The molecule has 0 aliphatic heterocycles. The maximum absolute atomic E-state index is 5.91. The number of anilines is 1. The lowest BCUT2D eigenvalue weighted by Gasteiger charge is -2.04. The summed E-state index contributed by atoms with van der Waals surface area (Å²) in [6.07, 6.45) is 5.43. The molecule has 104 valence electrons. The monoisotopic (exact) mass is 299 g/mol. The van der Waals surface area contributed by atoms with Gasteiger partial charge in [0, 0.05) is 31.1 Å². The van der Waals surface area contributed by atoms with Gasteiger partial charge in [0.25, 0.3) is 0 Å². The van der Waals surface area contributed by atoms with Crippen LogP contribution in [0.1, 0.15) is 0 Å². The summed E-state index contributed by atoms with van der Waals surface area (Å²) in [5, 5.41) is 8.23. The van der Waals surface area contributed by atoms with Gasteiger partial charge in [0.2, 0.25) is 5.28 Å². The molecule has 0 amide bonds. The highest BCUT2D eigenvalue weighted by molar-refractivity contribution is 6.29. The SMILES string of the molecule is CNc1nc(Cl)nc2[nH]cc(-c3ccn4nccc4n3)c12. The van der Waals surface area contributed by atoms with Gasteiger partial charge in [0.15, 0.2) is 5.65 Å². The van der Waals surface area contributed by atoms with Crippen LogP contribution in [0.25, 0.3) is 27.9 Å². The molecule has 7 nitrogen and oxygen atoms in total. The zero-order valence-corrected chi connectivity index (χ0v) is 11.8. The van der Waals surface area contributed by atoms with Gasteiger partial charge in [-0.2, -0.15) is 10.1 Å². The summed E-state index contributed by atoms with van der Waals surface area (Å²) in [5.74, 6) is 0.663. The van der Waals surface area contributed by atoms with E-state index in [1.54, 1.807) is 17.8 Å². The highest BCUT2D eigenvalue weighted by Crippen LogP contribution is 2.31. The summed E-state index contributed by atoms with van der Waals surface area (Å²) < 4.78 is 1.71. The second-order valence-corrected chi connectivity index (χ2v) is 4.80. The summed E-state index contributed by atoms with van der Waals surface area (Å²) >= 11 is 5.91. The van der Waals surface area contributed by atoms with Crippen LogP contribution in [-0.2, 0) is 0 Å². The third-order valence-electron chi connectivity index (χ3n) is 3.28. The highest BCUT2D eigenvalue weighted by Gasteiger charge is 2.15. The van der Waals surface area contributed by atoms with Crippen LogP contribution >= 0.6 is 11.6 Å². The summed E-state index contributed by atoms with van der Waals surface area (Å²) in [6, 6.07) is 3.75. The number of aromatic nitrogens is 6. The van der Waals surface area contributed by atoms with Crippen LogP contribution in [0.5, 0.6) is 0 Å². The minimum Gasteiger partial charge on any atom is -0.372 e. The Balaban J connectivity index is 2.01. The molecule has 4 aromatic heterocycles. The molecule has 0 unspecified atom stereocenters. The van der Waals surface area contributed by atoms with Gasteiger partial charge in [0.05, 0.1) is 17.3 Å². The summed E-state index contributed by atoms with van der Waals surface area (Å²) in [7, 11) is 1.79. The molecule has 4 heterocycles. The van der Waals surface area contributed by atoms with Crippen molar-refractivity contribution in [3.63, 3.8) is 0 Å². The van der Waals surface area contributed by atoms with Crippen molar-refractivity contribution in [1.29, 1.82) is 0 Å². The summed E-state index contributed by atoms with van der Waals surface area (Å²) in [6.45, 7) is 0. The average Bonchev–Trinajstić information content (AvgIpc) is 3.11. The van der Waals surface area contributed by atoms with Gasteiger partial charge in [-0.25, -0.2) is 14.5 Å². The van der Waals surface area contributed by atoms with Crippen molar-refractivity contribution in [2.24, 2.45) is 0 Å². The number of hydrogen-bond donors (Lipinski definition) is 2. The predicted molar refractivity (Wildman–Crippen MR) is 80.4 cm³/mol. The Morgan fingerprint density at radius 3 is 3.00 bits per heavy atom. The number of nitrogens with zero attached hydrogens (tertiary/aromatic N) is 5. The van der Waals surface area contributed by atoms with Crippen LogP contribution in [0.3, 0.4) is 0 Å². The van der Waals surface area contributed by atoms with Crippen LogP contribution in [0.15, 0.2) is 30.7 Å². The first-order chi connectivity index (χ1) is 10.3. The lowest BCUT2D eigenvalue weighted by Crippen LogP contribution is -1.97. The van der Waals surface area contributed by atoms with Gasteiger partial charge < -0.3 is 10.3 Å². The zero-order chi connectivity index (χ0) is 14.4. The zero-order valence-electron chi connectivity index (χ0n) is 11.0. The second-order valence-electron chi connectivity index (χ2n) is 4.46. The first-order valence-electron chi connectivity index (χ1n) is 6.29. The Morgan fingerprint density at radius 2 is 2.14 bits per heavy atom. The van der Waals surface area contributed by atoms with Crippen LogP contribution in [0, 0.1) is 0 Å². The Bertz CT molecular complexity index is 956. The fraction of sp³-hybridized carbons (Fsp3) is 0.0769. The van der Waals surface area contributed by atoms with Crippen molar-refractivity contribution >= 4 is 34.1 Å². The molecule has 0 aliphatic carbocycles. The molecule has 0 bridgehead atoms. The maximum Gasteiger partial charge on any atom is 0.226 e. The van der Waals surface area contributed by atoms with Gasteiger partial charge in [-0.15, -0.1) is 0 Å². The fourth-order valence-corrected chi connectivity index (χ4v) is 2.52. The predicted octanol–water partition coefficient (Wildman–Crippen LogP) is 2.36. The van der Waals surface area contributed by atoms with E-state index < -0.39 is 0 Å². The van der Waals surface area contributed by atoms with Crippen molar-refractivity contribution in [3.8, 4) is 11.3 Å². The quantitative estimate of drug-likeness (QED) is 0.555. The van der Waals surface area contributed by atoms with Crippen molar-refractivity contribution in [3.05, 3.63) is 36.0 Å². The first-order valence-corrected chi connectivity index (χ1v) is 6.67. The smallest absolute Gasteiger partial charge is 0.226 e. The van der Waals surface area contributed by atoms with Gasteiger partial charge >= 0.3 is 0 Å². The molecule has 0 aromatic carbocycles. The van der Waals surface area contributed by atoms with Crippen molar-refractivity contribution in [2.45, 2.75) is 0 Å². The topological polar surface area (TPSA) is 83.8 Å². The largest absolute Gasteiger partial charge is 0.372 e. The van der Waals surface area contributed by atoms with E-state index in [2.05, 4.69) is 30.4 Å². The molecule has 21 heavy (non-hydrogen) atoms. The number of halogens is 1. The summed E-state index contributed by atoms with van der Waals surface area (Å²) in [5.41, 5.74) is 3.18. The minimum absolute atomic E-state index is 0.194. The lowest BCUT2D eigenvalue weighted by molar-refractivity contribution is 0.941. The van der Waals surface area contributed by atoms with Gasteiger partial charge in [-0.3, -0.25) is 0 Å². The molecule has 0 spiro atoms. The molecule has 0 atom stereocenters. The van der Waals surface area contributed by atoms with E-state index in [0.717, 1.165) is 22.3 Å². The van der Waals surface area contributed by atoms with E-state index >= 15 is 0 Å². The minimum atomic E-state index is 0.194. The van der Waals surface area contributed by atoms with E-state index in [9.17, 15) is 0 Å². The number of fused-ring (bicyclic) bond motifs is 2. The number of H-pyrrole nitrogens is 1. The van der Waals surface area contributed by atoms with Crippen LogP contribution in [-0.4, -0.2) is 36.6 Å². The summed E-state index contributed by atoms with van der Waals surface area (Å²) in [4.78, 5) is 16.1. The normalized spacial score (nSPS) is 11.3. The van der Waals surface area contributed by atoms with Crippen molar-refractivity contribution < 1.29 is 0 Å². The number of rotatable bonds is 2. The molecule has 0 radical (unpaired) electrons. The van der Waals surface area contributed by atoms with E-state index in [4.69, 9.17) is 11.6 Å². The van der Waals surface area contributed by atoms with Gasteiger partial charge in [0.1, 0.15) is 11.5 Å². The lowest BCUT2D eigenvalue weighted by atomic mass is 10.1. The van der Waals surface area contributed by atoms with Crippen LogP contribution in [0.2, 0.25) is 5.28 Å². The van der Waals surface area contributed by atoms with Gasteiger partial charge in [-0.1, -0.05) is 0 Å². The molecular formula is C13H10ClN7. The second kappa shape index (κ2) is 4.42. The number of nitrogens with one attached hydrogen (secondary N) is 2. The third-order valence-corrected chi connectivity index (χ3v) is 3.44. The third kappa shape index (κ3) is 1.82. The van der Waals surface area contributed by atoms with E-state index in [0.29, 0.717) is 11.5 Å². The average molecular weight is 300 g/mol. The molecule has 8 heteroatoms.